The van der Waals surface area contributed by atoms with Gasteiger partial charge in [0.05, 0.1) is 10.7 Å². The van der Waals surface area contributed by atoms with Crippen LogP contribution in [0.3, 0.4) is 0 Å². The summed E-state index contributed by atoms with van der Waals surface area (Å²) in [6.07, 6.45) is 1.77. The smallest absolute Gasteiger partial charge is 0.272 e. The van der Waals surface area contributed by atoms with Gasteiger partial charge in [-0.05, 0) is 55.1 Å². The number of rotatable bonds is 3. The van der Waals surface area contributed by atoms with Gasteiger partial charge in [0.2, 0.25) is 0 Å². The molecule has 0 aliphatic rings. The van der Waals surface area contributed by atoms with Crippen molar-refractivity contribution in [3.05, 3.63) is 82.8 Å². The molecule has 0 aliphatic carbocycles. The van der Waals surface area contributed by atoms with Gasteiger partial charge < -0.3 is 10.3 Å². The van der Waals surface area contributed by atoms with Crippen molar-refractivity contribution in [3.63, 3.8) is 0 Å². The van der Waals surface area contributed by atoms with Crippen molar-refractivity contribution in [2.75, 3.05) is 5.32 Å². The molecule has 2 aromatic heterocycles. The molecule has 2 heterocycles. The van der Waals surface area contributed by atoms with Crippen molar-refractivity contribution in [1.29, 1.82) is 0 Å². The second-order valence-corrected chi connectivity index (χ2v) is 6.95. The molecule has 2 aromatic carbocycles. The normalized spacial score (nSPS) is 10.9. The van der Waals surface area contributed by atoms with Gasteiger partial charge >= 0.3 is 0 Å². The number of carbonyl (C=O) groups excluding carboxylic acids is 1. The first-order chi connectivity index (χ1) is 13.0. The average Bonchev–Trinajstić information content (AvgIpc) is 3.01. The summed E-state index contributed by atoms with van der Waals surface area (Å²) in [5, 5.41) is 5.63. The van der Waals surface area contributed by atoms with Crippen LogP contribution >= 0.6 is 11.6 Å². The van der Waals surface area contributed by atoms with E-state index in [0.29, 0.717) is 16.4 Å². The Balaban J connectivity index is 1.74. The first-order valence-electron chi connectivity index (χ1n) is 8.64. The molecule has 0 unspecified atom stereocenters. The van der Waals surface area contributed by atoms with E-state index in [-0.39, 0.29) is 5.91 Å². The van der Waals surface area contributed by atoms with E-state index >= 15 is 0 Å². The summed E-state index contributed by atoms with van der Waals surface area (Å²) in [7, 11) is 0. The van der Waals surface area contributed by atoms with E-state index in [0.717, 1.165) is 33.3 Å². The highest BCUT2D eigenvalue weighted by molar-refractivity contribution is 6.33. The first-order valence-corrected chi connectivity index (χ1v) is 9.02. The molecule has 2 N–H and O–H groups in total. The summed E-state index contributed by atoms with van der Waals surface area (Å²) in [6.45, 7) is 3.84. The van der Waals surface area contributed by atoms with Crippen molar-refractivity contribution in [1.82, 2.24) is 9.97 Å². The average molecular weight is 376 g/mol. The first kappa shape index (κ1) is 17.3. The van der Waals surface area contributed by atoms with Gasteiger partial charge in [-0.3, -0.25) is 9.78 Å². The Morgan fingerprint density at radius 1 is 1.07 bits per heavy atom. The molecule has 27 heavy (non-hydrogen) atoms. The molecule has 0 radical (unpaired) electrons. The van der Waals surface area contributed by atoms with E-state index in [1.165, 1.54) is 0 Å². The molecule has 134 valence electrons. The van der Waals surface area contributed by atoms with Crippen LogP contribution in [0.5, 0.6) is 0 Å². The van der Waals surface area contributed by atoms with Crippen LogP contribution in [0.4, 0.5) is 5.69 Å². The van der Waals surface area contributed by atoms with Crippen LogP contribution in [0.25, 0.3) is 22.0 Å². The molecule has 4 nitrogen and oxygen atoms in total. The lowest BCUT2D eigenvalue weighted by molar-refractivity contribution is 0.102. The van der Waals surface area contributed by atoms with E-state index in [1.807, 2.05) is 56.3 Å². The summed E-state index contributed by atoms with van der Waals surface area (Å²) in [6, 6.07) is 17.4. The fourth-order valence-corrected chi connectivity index (χ4v) is 3.48. The fraction of sp³-hybridized carbons (Fsp3) is 0.0909. The topological polar surface area (TPSA) is 57.8 Å². The molecule has 0 spiro atoms. The zero-order valence-corrected chi connectivity index (χ0v) is 15.8. The third-order valence-electron chi connectivity index (χ3n) is 4.53. The van der Waals surface area contributed by atoms with Crippen LogP contribution < -0.4 is 5.32 Å². The van der Waals surface area contributed by atoms with Crippen LogP contribution in [-0.2, 0) is 0 Å². The Labute approximate surface area is 162 Å². The number of aryl methyl sites for hydroxylation is 2. The highest BCUT2D eigenvalue weighted by atomic mass is 35.5. The summed E-state index contributed by atoms with van der Waals surface area (Å²) in [5.41, 5.74) is 4.67. The molecule has 1 amide bonds. The largest absolute Gasteiger partial charge is 0.354 e. The van der Waals surface area contributed by atoms with E-state index in [2.05, 4.69) is 15.3 Å². The number of halogens is 1. The van der Waals surface area contributed by atoms with Crippen molar-refractivity contribution in [2.45, 2.75) is 13.8 Å². The van der Waals surface area contributed by atoms with Gasteiger partial charge in [0.15, 0.2) is 0 Å². The Morgan fingerprint density at radius 3 is 2.67 bits per heavy atom. The highest BCUT2D eigenvalue weighted by Crippen LogP contribution is 2.33. The summed E-state index contributed by atoms with van der Waals surface area (Å²) in [5.74, 6) is -0.181. The third-order valence-corrected chi connectivity index (χ3v) is 4.86. The Bertz CT molecular complexity index is 1160. The van der Waals surface area contributed by atoms with Crippen LogP contribution in [0, 0.1) is 13.8 Å². The molecule has 5 heteroatoms. The number of aromatic amines is 1. The van der Waals surface area contributed by atoms with Gasteiger partial charge in [0, 0.05) is 28.5 Å². The van der Waals surface area contributed by atoms with Crippen molar-refractivity contribution in [3.8, 4) is 11.3 Å². The van der Waals surface area contributed by atoms with Crippen molar-refractivity contribution < 1.29 is 4.79 Å². The maximum absolute atomic E-state index is 12.6. The number of H-pyrrole nitrogens is 1. The number of nitrogens with one attached hydrogen (secondary N) is 2. The number of amides is 1. The number of benzene rings is 2. The number of hydrogen-bond donors (Lipinski definition) is 2. The van der Waals surface area contributed by atoms with Gasteiger partial charge in [0.1, 0.15) is 5.69 Å². The Hall–Kier alpha value is -3.11. The van der Waals surface area contributed by atoms with Gasteiger partial charge in [-0.1, -0.05) is 35.9 Å². The number of fused-ring (bicyclic) bond motifs is 1. The van der Waals surface area contributed by atoms with Crippen LogP contribution in [0.2, 0.25) is 5.02 Å². The summed E-state index contributed by atoms with van der Waals surface area (Å²) < 4.78 is 0. The van der Waals surface area contributed by atoms with Gasteiger partial charge in [0.25, 0.3) is 5.91 Å². The second-order valence-electron chi connectivity index (χ2n) is 6.54. The van der Waals surface area contributed by atoms with Crippen molar-refractivity contribution in [2.24, 2.45) is 0 Å². The predicted molar refractivity (Wildman–Crippen MR) is 110 cm³/mol. The molecule has 0 saturated carbocycles. The number of aromatic nitrogens is 2. The Morgan fingerprint density at radius 2 is 1.89 bits per heavy atom. The second kappa shape index (κ2) is 6.89. The van der Waals surface area contributed by atoms with Gasteiger partial charge in [-0.25, -0.2) is 0 Å². The number of anilines is 1. The number of pyridine rings is 1. The standard InChI is InChI=1S/C22H18ClN3O/c1-13-11-14(2)25-20(13)22(27)26-16-7-8-19(23)18(12-16)21-17-6-4-3-5-15(17)9-10-24-21/h3-12,25H,1-2H3,(H,26,27). The summed E-state index contributed by atoms with van der Waals surface area (Å²) in [4.78, 5) is 20.2. The minimum absolute atomic E-state index is 0.181. The Kier molecular flexibility index (Phi) is 4.42. The van der Waals surface area contributed by atoms with Gasteiger partial charge in [-0.15, -0.1) is 0 Å². The maximum atomic E-state index is 12.6. The number of hydrogen-bond acceptors (Lipinski definition) is 2. The third kappa shape index (κ3) is 3.32. The molecular formula is C22H18ClN3O. The quantitative estimate of drug-likeness (QED) is 0.478. The van der Waals surface area contributed by atoms with E-state index in [1.54, 1.807) is 18.3 Å². The van der Waals surface area contributed by atoms with Gasteiger partial charge in [-0.2, -0.15) is 0 Å². The molecule has 0 saturated heterocycles. The zero-order valence-electron chi connectivity index (χ0n) is 15.0. The van der Waals surface area contributed by atoms with Crippen LogP contribution in [0.1, 0.15) is 21.7 Å². The lowest BCUT2D eigenvalue weighted by Gasteiger charge is -2.11. The minimum Gasteiger partial charge on any atom is -0.354 e. The van der Waals surface area contributed by atoms with E-state index in [4.69, 9.17) is 11.6 Å². The molecule has 0 atom stereocenters. The lowest BCUT2D eigenvalue weighted by Crippen LogP contribution is -2.13. The van der Waals surface area contributed by atoms with Crippen LogP contribution in [0.15, 0.2) is 60.8 Å². The lowest BCUT2D eigenvalue weighted by atomic mass is 10.0. The van der Waals surface area contributed by atoms with Crippen molar-refractivity contribution >= 4 is 34.0 Å². The molecule has 4 aromatic rings. The number of carbonyl (C=O) groups is 1. The molecule has 0 fully saturated rings. The molecule has 0 aliphatic heterocycles. The van der Waals surface area contributed by atoms with Crippen LogP contribution in [-0.4, -0.2) is 15.9 Å². The molecule has 4 rings (SSSR count). The monoisotopic (exact) mass is 375 g/mol. The van der Waals surface area contributed by atoms with E-state index < -0.39 is 0 Å². The SMILES string of the molecule is Cc1cc(C)c(C(=O)Nc2ccc(Cl)c(-c3nccc4ccccc34)c2)[nH]1. The highest BCUT2D eigenvalue weighted by Gasteiger charge is 2.14. The minimum atomic E-state index is -0.181. The summed E-state index contributed by atoms with van der Waals surface area (Å²) >= 11 is 6.45. The van der Waals surface area contributed by atoms with E-state index in [9.17, 15) is 4.79 Å². The fourth-order valence-electron chi connectivity index (χ4n) is 3.28. The zero-order chi connectivity index (χ0) is 19.0. The maximum Gasteiger partial charge on any atom is 0.272 e. The predicted octanol–water partition coefficient (Wildman–Crippen LogP) is 5.75. The number of nitrogens with zero attached hydrogens (tertiary/aromatic N) is 1. The molecular weight excluding hydrogens is 358 g/mol. The molecule has 0 bridgehead atoms.